The summed E-state index contributed by atoms with van der Waals surface area (Å²) >= 11 is 6.15. The lowest BCUT2D eigenvalue weighted by Gasteiger charge is -2.33. The third-order valence-electron chi connectivity index (χ3n) is 4.32. The van der Waals surface area contributed by atoms with Gasteiger partial charge in [0.25, 0.3) is 5.89 Å². The maximum Gasteiger partial charge on any atom is 0.258 e. The van der Waals surface area contributed by atoms with Crippen LogP contribution in [0.4, 0.5) is 0 Å². The van der Waals surface area contributed by atoms with E-state index >= 15 is 0 Å². The fourth-order valence-corrected chi connectivity index (χ4v) is 3.24. The van der Waals surface area contributed by atoms with E-state index < -0.39 is 5.54 Å². The molecule has 4 nitrogen and oxygen atoms in total. The summed E-state index contributed by atoms with van der Waals surface area (Å²) in [6, 6.07) is 5.73. The minimum atomic E-state index is -0.464. The molecule has 2 atom stereocenters. The third-order valence-corrected chi connectivity index (χ3v) is 4.73. The van der Waals surface area contributed by atoms with Crippen molar-refractivity contribution in [1.29, 1.82) is 0 Å². The molecule has 1 aromatic carbocycles. The number of rotatable bonds is 2. The van der Waals surface area contributed by atoms with E-state index in [1.807, 2.05) is 25.1 Å². The fraction of sp³-hybridized carbons (Fsp3) is 0.500. The number of halogens is 1. The summed E-state index contributed by atoms with van der Waals surface area (Å²) in [6.45, 7) is 4.19. The molecule has 0 spiro atoms. The van der Waals surface area contributed by atoms with Gasteiger partial charge in [0.1, 0.15) is 0 Å². The van der Waals surface area contributed by atoms with Gasteiger partial charge in [-0.3, -0.25) is 0 Å². The maximum absolute atomic E-state index is 6.51. The Balaban J connectivity index is 1.90. The van der Waals surface area contributed by atoms with Gasteiger partial charge in [-0.15, -0.1) is 0 Å². The van der Waals surface area contributed by atoms with E-state index in [0.717, 1.165) is 30.4 Å². The van der Waals surface area contributed by atoms with Gasteiger partial charge in [0.05, 0.1) is 5.54 Å². The highest BCUT2D eigenvalue weighted by Crippen LogP contribution is 2.37. The lowest BCUT2D eigenvalue weighted by molar-refractivity contribution is 0.222. The van der Waals surface area contributed by atoms with Gasteiger partial charge in [-0.1, -0.05) is 42.6 Å². The highest BCUT2D eigenvalue weighted by atomic mass is 35.5. The first kappa shape index (κ1) is 14.5. The van der Waals surface area contributed by atoms with Crippen LogP contribution in [0, 0.1) is 12.8 Å². The largest absolute Gasteiger partial charge is 0.334 e. The van der Waals surface area contributed by atoms with E-state index in [9.17, 15) is 0 Å². The zero-order valence-corrected chi connectivity index (χ0v) is 13.2. The van der Waals surface area contributed by atoms with E-state index in [4.69, 9.17) is 21.9 Å². The second kappa shape index (κ2) is 5.43. The summed E-state index contributed by atoms with van der Waals surface area (Å²) in [5.41, 5.74) is 7.90. The first-order valence-corrected chi connectivity index (χ1v) is 7.75. The van der Waals surface area contributed by atoms with Gasteiger partial charge in [-0.2, -0.15) is 4.98 Å². The molecule has 1 aliphatic carbocycles. The van der Waals surface area contributed by atoms with E-state index in [0.29, 0.717) is 22.7 Å². The van der Waals surface area contributed by atoms with Crippen molar-refractivity contribution in [2.75, 3.05) is 0 Å². The molecule has 1 fully saturated rings. The molecule has 1 heterocycles. The molecule has 2 N–H and O–H groups in total. The molecule has 3 rings (SSSR count). The molecule has 1 saturated carbocycles. The standard InChI is InChI=1S/C16H20ClN3O/c1-10-4-3-7-16(18,9-10)15-19-14(21-20-15)12-6-5-11(2)13(17)8-12/h5-6,8,10H,3-4,7,9,18H2,1-2H3. The number of aryl methyl sites for hydroxylation is 1. The monoisotopic (exact) mass is 305 g/mol. The van der Waals surface area contributed by atoms with Crippen LogP contribution in [-0.4, -0.2) is 10.1 Å². The summed E-state index contributed by atoms with van der Waals surface area (Å²) in [6.07, 6.45) is 4.14. The van der Waals surface area contributed by atoms with Crippen LogP contribution < -0.4 is 5.73 Å². The van der Waals surface area contributed by atoms with Crippen LogP contribution in [0.1, 0.15) is 44.0 Å². The van der Waals surface area contributed by atoms with Gasteiger partial charge in [0, 0.05) is 10.6 Å². The summed E-state index contributed by atoms with van der Waals surface area (Å²) in [7, 11) is 0. The number of hydrogen-bond acceptors (Lipinski definition) is 4. The molecule has 0 radical (unpaired) electrons. The molecule has 1 aromatic heterocycles. The van der Waals surface area contributed by atoms with Gasteiger partial charge >= 0.3 is 0 Å². The van der Waals surface area contributed by atoms with Crippen molar-refractivity contribution >= 4 is 11.6 Å². The predicted octanol–water partition coefficient (Wildman–Crippen LogP) is 4.06. The number of benzene rings is 1. The minimum absolute atomic E-state index is 0.464. The van der Waals surface area contributed by atoms with E-state index in [-0.39, 0.29) is 0 Å². The normalized spacial score (nSPS) is 26.0. The lowest BCUT2D eigenvalue weighted by atomic mass is 9.76. The molecule has 0 amide bonds. The van der Waals surface area contributed by atoms with Gasteiger partial charge in [0.2, 0.25) is 0 Å². The van der Waals surface area contributed by atoms with Crippen LogP contribution in [0.2, 0.25) is 5.02 Å². The van der Waals surface area contributed by atoms with Crippen molar-refractivity contribution < 1.29 is 4.52 Å². The number of hydrogen-bond donors (Lipinski definition) is 1. The zero-order valence-electron chi connectivity index (χ0n) is 12.4. The van der Waals surface area contributed by atoms with Crippen molar-refractivity contribution in [1.82, 2.24) is 10.1 Å². The number of nitrogens with two attached hydrogens (primary N) is 1. The van der Waals surface area contributed by atoms with Crippen LogP contribution in [0.3, 0.4) is 0 Å². The van der Waals surface area contributed by atoms with Gasteiger partial charge in [-0.25, -0.2) is 0 Å². The Bertz CT molecular complexity index is 655. The van der Waals surface area contributed by atoms with Crippen molar-refractivity contribution in [3.05, 3.63) is 34.6 Å². The summed E-state index contributed by atoms with van der Waals surface area (Å²) < 4.78 is 5.40. The number of aromatic nitrogens is 2. The maximum atomic E-state index is 6.51. The van der Waals surface area contributed by atoms with E-state index in [1.165, 1.54) is 6.42 Å². The molecule has 0 bridgehead atoms. The smallest absolute Gasteiger partial charge is 0.258 e. The summed E-state index contributed by atoms with van der Waals surface area (Å²) in [5, 5.41) is 4.82. The van der Waals surface area contributed by atoms with Crippen LogP contribution in [0.15, 0.2) is 22.7 Å². The van der Waals surface area contributed by atoms with Gasteiger partial charge in [-0.05, 0) is 43.4 Å². The molecule has 2 aromatic rings. The Morgan fingerprint density at radius 2 is 2.24 bits per heavy atom. The Labute approximate surface area is 129 Å². The average molecular weight is 306 g/mol. The van der Waals surface area contributed by atoms with Gasteiger partial charge < -0.3 is 10.3 Å². The van der Waals surface area contributed by atoms with Crippen LogP contribution >= 0.6 is 11.6 Å². The quantitative estimate of drug-likeness (QED) is 0.908. The van der Waals surface area contributed by atoms with Crippen LogP contribution in [0.5, 0.6) is 0 Å². The predicted molar refractivity (Wildman–Crippen MR) is 83.0 cm³/mol. The molecule has 2 unspecified atom stereocenters. The molecular weight excluding hydrogens is 286 g/mol. The van der Waals surface area contributed by atoms with Crippen molar-refractivity contribution in [3.8, 4) is 11.5 Å². The van der Waals surface area contributed by atoms with Crippen molar-refractivity contribution in [2.24, 2.45) is 11.7 Å². The third kappa shape index (κ3) is 2.83. The first-order valence-electron chi connectivity index (χ1n) is 7.37. The molecule has 5 heteroatoms. The summed E-state index contributed by atoms with van der Waals surface area (Å²) in [5.74, 6) is 1.69. The second-order valence-corrected chi connectivity index (χ2v) is 6.65. The number of nitrogens with zero attached hydrogens (tertiary/aromatic N) is 2. The topological polar surface area (TPSA) is 64.9 Å². The highest BCUT2D eigenvalue weighted by Gasteiger charge is 2.37. The lowest BCUT2D eigenvalue weighted by Crippen LogP contribution is -2.42. The Morgan fingerprint density at radius 3 is 2.95 bits per heavy atom. The molecule has 112 valence electrons. The van der Waals surface area contributed by atoms with Crippen molar-refractivity contribution in [3.63, 3.8) is 0 Å². The Kier molecular flexibility index (Phi) is 3.76. The Morgan fingerprint density at radius 1 is 1.43 bits per heavy atom. The summed E-state index contributed by atoms with van der Waals surface area (Å²) in [4.78, 5) is 4.52. The molecule has 0 aliphatic heterocycles. The highest BCUT2D eigenvalue weighted by molar-refractivity contribution is 6.31. The molecular formula is C16H20ClN3O. The Hall–Kier alpha value is -1.39. The average Bonchev–Trinajstić information content (AvgIpc) is 2.92. The van der Waals surface area contributed by atoms with E-state index in [2.05, 4.69) is 17.1 Å². The minimum Gasteiger partial charge on any atom is -0.334 e. The van der Waals surface area contributed by atoms with Gasteiger partial charge in [0.15, 0.2) is 5.82 Å². The van der Waals surface area contributed by atoms with Crippen molar-refractivity contribution in [2.45, 2.75) is 45.1 Å². The zero-order chi connectivity index (χ0) is 15.0. The molecule has 21 heavy (non-hydrogen) atoms. The SMILES string of the molecule is Cc1ccc(-c2nc(C3(N)CCCC(C)C3)no2)cc1Cl. The fourth-order valence-electron chi connectivity index (χ4n) is 3.06. The molecule has 0 saturated heterocycles. The second-order valence-electron chi connectivity index (χ2n) is 6.24. The van der Waals surface area contributed by atoms with Crippen LogP contribution in [-0.2, 0) is 5.54 Å². The molecule has 1 aliphatic rings. The van der Waals surface area contributed by atoms with Crippen LogP contribution in [0.25, 0.3) is 11.5 Å². The first-order chi connectivity index (χ1) is 9.98. The van der Waals surface area contributed by atoms with E-state index in [1.54, 1.807) is 0 Å².